The molecule has 0 aliphatic carbocycles. The van der Waals surface area contributed by atoms with Crippen molar-refractivity contribution >= 4 is 71.4 Å². The molecule has 0 saturated carbocycles. The summed E-state index contributed by atoms with van der Waals surface area (Å²) in [4.78, 5) is 35.5. The molecule has 1 aliphatic rings. The van der Waals surface area contributed by atoms with E-state index in [4.69, 9.17) is 12.2 Å². The second kappa shape index (κ2) is 7.67. The molecule has 1 saturated heterocycles. The number of aromatic hydroxyl groups is 1. The van der Waals surface area contributed by atoms with Gasteiger partial charge in [-0.1, -0.05) is 24.0 Å². The maximum atomic E-state index is 12.0. The predicted octanol–water partition coefficient (Wildman–Crippen LogP) is -0.920. The molecule has 0 bridgehead atoms. The number of aryl methyl sites for hydroxylation is 1. The van der Waals surface area contributed by atoms with E-state index in [1.54, 1.807) is 0 Å². The Labute approximate surface area is 168 Å². The Hall–Kier alpha value is -0.0700. The van der Waals surface area contributed by atoms with Crippen molar-refractivity contribution in [2.45, 2.75) is 19.0 Å². The first-order valence-electron chi connectivity index (χ1n) is 6.12. The van der Waals surface area contributed by atoms with Crippen LogP contribution >= 0.6 is 31.6 Å². The summed E-state index contributed by atoms with van der Waals surface area (Å²) in [5, 5.41) is 30.4. The number of nitrogens with zero attached hydrogens (tertiary/aromatic N) is 2. The molecule has 1 fully saturated rings. The molecule has 0 spiro atoms. The summed E-state index contributed by atoms with van der Waals surface area (Å²) in [6, 6.07) is 0. The third-order valence-corrected chi connectivity index (χ3v) is 5.88. The van der Waals surface area contributed by atoms with Crippen LogP contribution in [-0.4, -0.2) is 80.5 Å². The van der Waals surface area contributed by atoms with Crippen LogP contribution in [-0.2, 0) is 21.4 Å². The monoisotopic (exact) mass is 404 g/mol. The predicted molar refractivity (Wildman–Crippen MR) is 91.6 cm³/mol. The van der Waals surface area contributed by atoms with Crippen LogP contribution in [0.2, 0.25) is 0 Å². The van der Waals surface area contributed by atoms with Crippen LogP contribution in [0.3, 0.4) is 0 Å². The number of aliphatic hydroxyl groups excluding tert-OH is 1. The van der Waals surface area contributed by atoms with Crippen LogP contribution in [0, 0.1) is 6.92 Å². The molecule has 128 valence electrons. The Morgan fingerprint density at radius 2 is 2.08 bits per heavy atom. The number of amides is 1. The summed E-state index contributed by atoms with van der Waals surface area (Å²) in [6.45, 7) is 0.555. The zero-order valence-electron chi connectivity index (χ0n) is 11.7. The first-order valence-corrected chi connectivity index (χ1v) is 9.13. The number of aliphatic hydroxyl groups is 2. The maximum absolute atomic E-state index is 12.0. The van der Waals surface area contributed by atoms with Crippen molar-refractivity contribution in [3.8, 4) is 5.75 Å². The Morgan fingerprint density at radius 1 is 1.50 bits per heavy atom. The molecule has 0 radical (unpaired) electrons. The van der Waals surface area contributed by atoms with E-state index >= 15 is 0 Å². The SMILES string of the molecule is Cc1ncc(CO)c(C(O)(N2C(=O)CSC2=S)P(=O)(O)O)c1O.[NaH]. The number of pyridine rings is 1. The average molecular weight is 404 g/mol. The van der Waals surface area contributed by atoms with Crippen molar-refractivity contribution in [2.24, 2.45) is 0 Å². The van der Waals surface area contributed by atoms with Gasteiger partial charge in [-0.2, -0.15) is 0 Å². The fourth-order valence-corrected chi connectivity index (χ4v) is 4.47. The zero-order valence-corrected chi connectivity index (χ0v) is 14.2. The molecular formula is C11H14N2NaO7PS2. The average Bonchev–Trinajstić information content (AvgIpc) is 2.79. The summed E-state index contributed by atoms with van der Waals surface area (Å²) in [5.41, 5.74) is -4.22. The summed E-state index contributed by atoms with van der Waals surface area (Å²) >= 11 is 5.71. The van der Waals surface area contributed by atoms with E-state index < -0.39 is 36.9 Å². The van der Waals surface area contributed by atoms with Gasteiger partial charge in [-0.3, -0.25) is 19.2 Å². The molecule has 9 nitrogen and oxygen atoms in total. The van der Waals surface area contributed by atoms with E-state index in [0.29, 0.717) is 4.90 Å². The fourth-order valence-electron chi connectivity index (χ4n) is 2.17. The Balaban J connectivity index is 0.00000288. The second-order valence-electron chi connectivity index (χ2n) is 4.71. The zero-order chi connectivity index (χ0) is 17.6. The minimum absolute atomic E-state index is 0. The quantitative estimate of drug-likeness (QED) is 0.242. The topological polar surface area (TPSA) is 151 Å². The van der Waals surface area contributed by atoms with Gasteiger partial charge in [-0.15, -0.1) is 0 Å². The number of aromatic nitrogens is 1. The molecule has 1 aromatic heterocycles. The van der Waals surface area contributed by atoms with E-state index in [0.717, 1.165) is 18.0 Å². The van der Waals surface area contributed by atoms with Crippen LogP contribution < -0.4 is 0 Å². The van der Waals surface area contributed by atoms with E-state index in [2.05, 4.69) is 4.98 Å². The van der Waals surface area contributed by atoms with Gasteiger partial charge in [0.05, 0.1) is 23.6 Å². The Bertz CT molecular complexity index is 727. The van der Waals surface area contributed by atoms with Gasteiger partial charge in [0, 0.05) is 11.8 Å². The van der Waals surface area contributed by atoms with Gasteiger partial charge in [-0.25, -0.2) is 0 Å². The van der Waals surface area contributed by atoms with Gasteiger partial charge in [0.25, 0.3) is 5.47 Å². The molecule has 5 N–H and O–H groups in total. The molecule has 24 heavy (non-hydrogen) atoms. The number of carbonyl (C=O) groups is 1. The van der Waals surface area contributed by atoms with Gasteiger partial charge < -0.3 is 25.1 Å². The van der Waals surface area contributed by atoms with Crippen molar-refractivity contribution in [1.82, 2.24) is 9.88 Å². The van der Waals surface area contributed by atoms with Crippen molar-refractivity contribution in [2.75, 3.05) is 5.75 Å². The Kier molecular flexibility index (Phi) is 7.02. The van der Waals surface area contributed by atoms with Gasteiger partial charge in [0.2, 0.25) is 5.91 Å². The van der Waals surface area contributed by atoms with Gasteiger partial charge >= 0.3 is 37.2 Å². The standard InChI is InChI=1S/C11H13N2O7PS2.Na.H/c1-5-9(16)8(6(3-14)2-12-5)11(17,21(18,19)20)13-7(15)4-23-10(13)22;;/h2,14,16-17H,3-4H2,1H3,(H2,18,19,20);;. The Morgan fingerprint density at radius 3 is 2.50 bits per heavy atom. The van der Waals surface area contributed by atoms with Crippen LogP contribution in [0.5, 0.6) is 5.75 Å². The van der Waals surface area contributed by atoms with Crippen LogP contribution in [0.4, 0.5) is 0 Å². The van der Waals surface area contributed by atoms with Gasteiger partial charge in [-0.05, 0) is 6.92 Å². The summed E-state index contributed by atoms with van der Waals surface area (Å²) in [5.74, 6) is -1.78. The van der Waals surface area contributed by atoms with Crippen molar-refractivity contribution in [1.29, 1.82) is 0 Å². The van der Waals surface area contributed by atoms with Gasteiger partial charge in [0.15, 0.2) is 0 Å². The number of thioether (sulfide) groups is 1. The van der Waals surface area contributed by atoms with E-state index in [1.807, 2.05) is 0 Å². The number of rotatable bonds is 4. The summed E-state index contributed by atoms with van der Waals surface area (Å²) in [6.07, 6.45) is 1.04. The number of hydrogen-bond donors (Lipinski definition) is 5. The number of carbonyl (C=O) groups excluding carboxylic acids is 1. The van der Waals surface area contributed by atoms with Crippen molar-refractivity contribution in [3.05, 3.63) is 23.0 Å². The van der Waals surface area contributed by atoms with E-state index in [1.165, 1.54) is 6.92 Å². The van der Waals surface area contributed by atoms with Crippen molar-refractivity contribution in [3.63, 3.8) is 0 Å². The molecule has 2 heterocycles. The summed E-state index contributed by atoms with van der Waals surface area (Å²) < 4.78 is 11.8. The molecule has 1 amide bonds. The van der Waals surface area contributed by atoms with Crippen LogP contribution in [0.15, 0.2) is 6.20 Å². The van der Waals surface area contributed by atoms with E-state index in [-0.39, 0.29) is 50.9 Å². The first-order chi connectivity index (χ1) is 10.6. The van der Waals surface area contributed by atoms with Crippen LogP contribution in [0.25, 0.3) is 0 Å². The van der Waals surface area contributed by atoms with Gasteiger partial charge in [0.1, 0.15) is 10.1 Å². The first kappa shape index (κ1) is 22.0. The normalized spacial score (nSPS) is 17.6. The van der Waals surface area contributed by atoms with Crippen molar-refractivity contribution < 1.29 is 34.5 Å². The van der Waals surface area contributed by atoms with E-state index in [9.17, 15) is 34.5 Å². The third kappa shape index (κ3) is 3.43. The van der Waals surface area contributed by atoms with Crippen LogP contribution in [0.1, 0.15) is 16.8 Å². The fraction of sp³-hybridized carbons (Fsp3) is 0.364. The molecule has 1 aromatic rings. The third-order valence-electron chi connectivity index (χ3n) is 3.29. The molecular weight excluding hydrogens is 390 g/mol. The second-order valence-corrected chi connectivity index (χ2v) is 8.03. The molecule has 0 aromatic carbocycles. The number of hydrogen-bond acceptors (Lipinski definition) is 8. The molecule has 13 heteroatoms. The molecule has 2 rings (SSSR count). The molecule has 1 unspecified atom stereocenters. The molecule has 1 aliphatic heterocycles. The minimum atomic E-state index is -5.46. The molecule has 1 atom stereocenters. The number of thiocarbonyl (C=S) groups is 1. The summed E-state index contributed by atoms with van der Waals surface area (Å²) in [7, 11) is -5.46.